The Balaban J connectivity index is 1.65. The number of carbonyl (C=O) groups excluding carboxylic acids is 1. The maximum Gasteiger partial charge on any atom is 0.255 e. The summed E-state index contributed by atoms with van der Waals surface area (Å²) in [5.74, 6) is -0.821. The number of aliphatic hydroxyl groups is 4. The van der Waals surface area contributed by atoms with Crippen LogP contribution in [0.15, 0.2) is 42.5 Å². The Morgan fingerprint density at radius 2 is 1.59 bits per heavy atom. The average Bonchev–Trinajstić information content (AvgIpc) is 2.69. The van der Waals surface area contributed by atoms with Crippen LogP contribution < -0.4 is 10.1 Å². The van der Waals surface area contributed by atoms with Crippen LogP contribution in [0.3, 0.4) is 0 Å². The molecule has 0 saturated carbocycles. The SMILES string of the molecule is O=C(Nc1ccc(O[C@H]2O[C@H](CO)[C@@H](O)[C@H](O)[C@H]2O)cc1)c1cc(O)cc(O)c1. The second-order valence-corrected chi connectivity index (χ2v) is 6.53. The van der Waals surface area contributed by atoms with Gasteiger partial charge in [-0.3, -0.25) is 4.79 Å². The number of carbonyl (C=O) groups is 1. The van der Waals surface area contributed by atoms with E-state index in [1.165, 1.54) is 36.4 Å². The molecule has 1 saturated heterocycles. The van der Waals surface area contributed by atoms with Crippen molar-refractivity contribution in [2.45, 2.75) is 30.7 Å². The Hall–Kier alpha value is -2.89. The zero-order valence-electron chi connectivity index (χ0n) is 15.0. The molecule has 2 aromatic carbocycles. The Labute approximate surface area is 165 Å². The zero-order chi connectivity index (χ0) is 21.1. The van der Waals surface area contributed by atoms with Gasteiger partial charge in [0.15, 0.2) is 0 Å². The minimum atomic E-state index is -1.55. The third-order valence-electron chi connectivity index (χ3n) is 4.38. The van der Waals surface area contributed by atoms with Gasteiger partial charge in [0.05, 0.1) is 6.61 Å². The lowest BCUT2D eigenvalue weighted by molar-refractivity contribution is -0.277. The highest BCUT2D eigenvalue weighted by atomic mass is 16.7. The molecular weight excluding hydrogens is 386 g/mol. The molecule has 10 nitrogen and oxygen atoms in total. The normalized spacial score (nSPS) is 26.7. The van der Waals surface area contributed by atoms with Crippen LogP contribution in [-0.2, 0) is 4.74 Å². The van der Waals surface area contributed by atoms with Crippen LogP contribution in [0.25, 0.3) is 0 Å². The smallest absolute Gasteiger partial charge is 0.255 e. The number of nitrogens with one attached hydrogen (secondary N) is 1. The van der Waals surface area contributed by atoms with Crippen molar-refractivity contribution in [1.29, 1.82) is 0 Å². The average molecular weight is 407 g/mol. The van der Waals surface area contributed by atoms with Crippen molar-refractivity contribution in [2.75, 3.05) is 11.9 Å². The van der Waals surface area contributed by atoms with Crippen LogP contribution in [0.2, 0.25) is 0 Å². The van der Waals surface area contributed by atoms with E-state index in [-0.39, 0.29) is 22.8 Å². The van der Waals surface area contributed by atoms with Crippen molar-refractivity contribution in [3.8, 4) is 17.2 Å². The van der Waals surface area contributed by atoms with E-state index in [0.717, 1.165) is 6.07 Å². The fourth-order valence-electron chi connectivity index (χ4n) is 2.85. The van der Waals surface area contributed by atoms with Gasteiger partial charge < -0.3 is 45.4 Å². The van der Waals surface area contributed by atoms with Crippen molar-refractivity contribution in [1.82, 2.24) is 0 Å². The summed E-state index contributed by atoms with van der Waals surface area (Å²) >= 11 is 0. The fourth-order valence-corrected chi connectivity index (χ4v) is 2.85. The molecule has 0 unspecified atom stereocenters. The molecular formula is C19H21NO9. The molecule has 0 radical (unpaired) electrons. The summed E-state index contributed by atoms with van der Waals surface area (Å²) in [6, 6.07) is 9.44. The number of hydrogen-bond donors (Lipinski definition) is 7. The summed E-state index contributed by atoms with van der Waals surface area (Å²) in [4.78, 5) is 12.2. The van der Waals surface area contributed by atoms with E-state index < -0.39 is 43.2 Å². The van der Waals surface area contributed by atoms with E-state index in [4.69, 9.17) is 9.47 Å². The lowest BCUT2D eigenvalue weighted by atomic mass is 9.99. The molecule has 29 heavy (non-hydrogen) atoms. The van der Waals surface area contributed by atoms with Crippen LogP contribution in [-0.4, -0.2) is 73.9 Å². The van der Waals surface area contributed by atoms with Crippen LogP contribution in [0.4, 0.5) is 5.69 Å². The number of amides is 1. The first kappa shape index (κ1) is 20.8. The van der Waals surface area contributed by atoms with Crippen molar-refractivity contribution in [3.63, 3.8) is 0 Å². The third-order valence-corrected chi connectivity index (χ3v) is 4.38. The maximum absolute atomic E-state index is 12.2. The summed E-state index contributed by atoms with van der Waals surface area (Å²) in [6.45, 7) is -0.569. The Bertz CT molecular complexity index is 835. The molecule has 0 aromatic heterocycles. The number of benzene rings is 2. The summed E-state index contributed by atoms with van der Waals surface area (Å²) in [7, 11) is 0. The van der Waals surface area contributed by atoms with Crippen molar-refractivity contribution >= 4 is 11.6 Å². The third kappa shape index (κ3) is 4.75. The first-order valence-electron chi connectivity index (χ1n) is 8.70. The van der Waals surface area contributed by atoms with E-state index in [1.54, 1.807) is 0 Å². The maximum atomic E-state index is 12.2. The van der Waals surface area contributed by atoms with Crippen LogP contribution >= 0.6 is 0 Å². The molecule has 1 aliphatic heterocycles. The molecule has 5 atom stereocenters. The Morgan fingerprint density at radius 3 is 2.17 bits per heavy atom. The van der Waals surface area contributed by atoms with Gasteiger partial charge in [-0.2, -0.15) is 0 Å². The molecule has 0 spiro atoms. The first-order valence-corrected chi connectivity index (χ1v) is 8.70. The number of anilines is 1. The zero-order valence-corrected chi connectivity index (χ0v) is 15.0. The minimum Gasteiger partial charge on any atom is -0.508 e. The molecule has 1 aliphatic rings. The molecule has 1 amide bonds. The number of hydrogen-bond acceptors (Lipinski definition) is 9. The van der Waals surface area contributed by atoms with E-state index >= 15 is 0 Å². The standard InChI is InChI=1S/C19H21NO9/c21-8-14-15(24)16(25)17(26)19(29-14)28-13-3-1-10(2-4-13)20-18(27)9-5-11(22)7-12(23)6-9/h1-7,14-17,19,21-26H,8H2,(H,20,27)/t14-,15-,16+,17-,19+/m1/s1. The molecule has 3 rings (SSSR count). The van der Waals surface area contributed by atoms with Gasteiger partial charge in [0.2, 0.25) is 6.29 Å². The van der Waals surface area contributed by atoms with E-state index in [1.807, 2.05) is 0 Å². The van der Waals surface area contributed by atoms with Crippen molar-refractivity contribution < 1.29 is 44.9 Å². The number of phenolic OH excluding ortho intramolecular Hbond substituents is 2. The minimum absolute atomic E-state index is 0.0594. The Kier molecular flexibility index (Phi) is 6.20. The highest BCUT2D eigenvalue weighted by molar-refractivity contribution is 6.04. The van der Waals surface area contributed by atoms with Gasteiger partial charge in [-0.05, 0) is 36.4 Å². The van der Waals surface area contributed by atoms with Gasteiger partial charge in [0.1, 0.15) is 41.7 Å². The van der Waals surface area contributed by atoms with Crippen molar-refractivity contribution in [3.05, 3.63) is 48.0 Å². The number of aliphatic hydroxyl groups excluding tert-OH is 4. The monoisotopic (exact) mass is 407 g/mol. The highest BCUT2D eigenvalue weighted by Crippen LogP contribution is 2.26. The largest absolute Gasteiger partial charge is 0.508 e. The molecule has 156 valence electrons. The predicted octanol–water partition coefficient (Wildman–Crippen LogP) is -0.471. The number of rotatable bonds is 5. The summed E-state index contributed by atoms with van der Waals surface area (Å²) in [6.07, 6.45) is -6.98. The molecule has 0 bridgehead atoms. The van der Waals surface area contributed by atoms with Gasteiger partial charge >= 0.3 is 0 Å². The van der Waals surface area contributed by atoms with Gasteiger partial charge in [-0.25, -0.2) is 0 Å². The van der Waals surface area contributed by atoms with Gasteiger partial charge in [0, 0.05) is 17.3 Å². The van der Waals surface area contributed by atoms with Gasteiger partial charge in [-0.15, -0.1) is 0 Å². The summed E-state index contributed by atoms with van der Waals surface area (Å²) in [5.41, 5.74) is 0.447. The van der Waals surface area contributed by atoms with Crippen LogP contribution in [0.1, 0.15) is 10.4 Å². The fraction of sp³-hybridized carbons (Fsp3) is 0.316. The molecule has 1 heterocycles. The van der Waals surface area contributed by atoms with E-state index in [2.05, 4.69) is 5.32 Å². The first-order chi connectivity index (χ1) is 13.8. The summed E-state index contributed by atoms with van der Waals surface area (Å²) < 4.78 is 10.7. The predicted molar refractivity (Wildman–Crippen MR) is 98.6 cm³/mol. The van der Waals surface area contributed by atoms with Crippen LogP contribution in [0, 0.1) is 0 Å². The summed E-state index contributed by atoms with van der Waals surface area (Å²) in [5, 5.41) is 60.2. The lowest BCUT2D eigenvalue weighted by Crippen LogP contribution is -2.60. The molecule has 10 heteroatoms. The van der Waals surface area contributed by atoms with Crippen molar-refractivity contribution in [2.24, 2.45) is 0 Å². The second-order valence-electron chi connectivity index (χ2n) is 6.53. The molecule has 1 fully saturated rings. The van der Waals surface area contributed by atoms with Gasteiger partial charge in [-0.1, -0.05) is 0 Å². The molecule has 0 aliphatic carbocycles. The number of aromatic hydroxyl groups is 2. The number of ether oxygens (including phenoxy) is 2. The topological polar surface area (TPSA) is 169 Å². The van der Waals surface area contributed by atoms with Gasteiger partial charge in [0.25, 0.3) is 5.91 Å². The van der Waals surface area contributed by atoms with E-state index in [0.29, 0.717) is 5.69 Å². The number of phenols is 2. The molecule has 2 aromatic rings. The highest BCUT2D eigenvalue weighted by Gasteiger charge is 2.44. The lowest BCUT2D eigenvalue weighted by Gasteiger charge is -2.39. The second kappa shape index (κ2) is 8.64. The molecule has 7 N–H and O–H groups in total. The van der Waals surface area contributed by atoms with E-state index in [9.17, 15) is 35.4 Å². The Morgan fingerprint density at radius 1 is 0.966 bits per heavy atom. The quantitative estimate of drug-likeness (QED) is 0.346. The van der Waals surface area contributed by atoms with Crippen LogP contribution in [0.5, 0.6) is 17.2 Å².